The number of aryl methyl sites for hydroxylation is 2. The number of aliphatic imine (C=N–C) groups is 1. The minimum absolute atomic E-state index is 0.732. The molecule has 1 aromatic heterocycles. The number of guanidine groups is 1. The molecule has 5 heteroatoms. The van der Waals surface area contributed by atoms with Gasteiger partial charge in [0, 0.05) is 38.6 Å². The molecule has 0 bridgehead atoms. The number of piperidine rings is 1. The standard InChI is InChI=1S/C15H27N5/c1-13-5-10-20(11-6-13)15(16)18-7-3-4-9-19-12-8-17-14(19)2/h8,12-13H,3-7,9-11H2,1-2H3,(H2,16,18). The number of aromatic nitrogens is 2. The average Bonchev–Trinajstić information content (AvgIpc) is 2.84. The summed E-state index contributed by atoms with van der Waals surface area (Å²) < 4.78 is 2.18. The summed E-state index contributed by atoms with van der Waals surface area (Å²) in [7, 11) is 0. The molecular formula is C15H27N5. The molecule has 1 saturated heterocycles. The lowest BCUT2D eigenvalue weighted by atomic mass is 10.00. The Labute approximate surface area is 121 Å². The van der Waals surface area contributed by atoms with Gasteiger partial charge in [-0.15, -0.1) is 0 Å². The minimum atomic E-state index is 0.732. The quantitative estimate of drug-likeness (QED) is 0.509. The van der Waals surface area contributed by atoms with Gasteiger partial charge in [-0.25, -0.2) is 4.98 Å². The highest BCUT2D eigenvalue weighted by molar-refractivity contribution is 5.78. The van der Waals surface area contributed by atoms with Gasteiger partial charge in [0.25, 0.3) is 0 Å². The van der Waals surface area contributed by atoms with Gasteiger partial charge in [0.1, 0.15) is 5.82 Å². The van der Waals surface area contributed by atoms with Crippen molar-refractivity contribution in [2.24, 2.45) is 16.6 Å². The van der Waals surface area contributed by atoms with Crippen LogP contribution in [0.15, 0.2) is 17.4 Å². The molecule has 112 valence electrons. The van der Waals surface area contributed by atoms with Crippen LogP contribution in [0.2, 0.25) is 0 Å². The van der Waals surface area contributed by atoms with Gasteiger partial charge in [0.05, 0.1) is 0 Å². The van der Waals surface area contributed by atoms with Crippen LogP contribution in [0.5, 0.6) is 0 Å². The molecule has 0 aliphatic carbocycles. The number of hydrogen-bond acceptors (Lipinski definition) is 2. The van der Waals surface area contributed by atoms with Gasteiger partial charge in [-0.3, -0.25) is 4.99 Å². The van der Waals surface area contributed by atoms with Crippen LogP contribution in [0.3, 0.4) is 0 Å². The van der Waals surface area contributed by atoms with E-state index < -0.39 is 0 Å². The minimum Gasteiger partial charge on any atom is -0.370 e. The van der Waals surface area contributed by atoms with Crippen molar-refractivity contribution in [1.29, 1.82) is 0 Å². The Bertz CT molecular complexity index is 429. The van der Waals surface area contributed by atoms with Crippen molar-refractivity contribution < 1.29 is 0 Å². The predicted molar refractivity (Wildman–Crippen MR) is 82.7 cm³/mol. The lowest BCUT2D eigenvalue weighted by Gasteiger charge is -2.31. The van der Waals surface area contributed by atoms with Gasteiger partial charge in [0.2, 0.25) is 0 Å². The van der Waals surface area contributed by atoms with E-state index in [-0.39, 0.29) is 0 Å². The number of unbranched alkanes of at least 4 members (excludes halogenated alkanes) is 1. The third-order valence-electron chi connectivity index (χ3n) is 4.11. The molecule has 0 atom stereocenters. The van der Waals surface area contributed by atoms with E-state index in [2.05, 4.69) is 26.4 Å². The van der Waals surface area contributed by atoms with Gasteiger partial charge >= 0.3 is 0 Å². The lowest BCUT2D eigenvalue weighted by Crippen LogP contribution is -2.42. The van der Waals surface area contributed by atoms with Gasteiger partial charge < -0.3 is 15.2 Å². The summed E-state index contributed by atoms with van der Waals surface area (Å²) in [5, 5.41) is 0. The fourth-order valence-corrected chi connectivity index (χ4v) is 2.57. The summed E-state index contributed by atoms with van der Waals surface area (Å²) in [4.78, 5) is 11.0. The van der Waals surface area contributed by atoms with E-state index in [4.69, 9.17) is 5.73 Å². The molecule has 0 saturated carbocycles. The maximum atomic E-state index is 6.06. The highest BCUT2D eigenvalue weighted by atomic mass is 15.3. The largest absolute Gasteiger partial charge is 0.370 e. The summed E-state index contributed by atoms with van der Waals surface area (Å²) in [5.41, 5.74) is 6.06. The van der Waals surface area contributed by atoms with Gasteiger partial charge in [0.15, 0.2) is 5.96 Å². The van der Waals surface area contributed by atoms with Gasteiger partial charge in [-0.1, -0.05) is 6.92 Å². The summed E-state index contributed by atoms with van der Waals surface area (Å²) >= 11 is 0. The van der Waals surface area contributed by atoms with Crippen molar-refractivity contribution in [2.75, 3.05) is 19.6 Å². The van der Waals surface area contributed by atoms with Crippen LogP contribution < -0.4 is 5.73 Å². The molecule has 0 spiro atoms. The monoisotopic (exact) mass is 277 g/mol. The van der Waals surface area contributed by atoms with Crippen molar-refractivity contribution in [1.82, 2.24) is 14.5 Å². The van der Waals surface area contributed by atoms with Crippen molar-refractivity contribution >= 4 is 5.96 Å². The molecule has 5 nitrogen and oxygen atoms in total. The molecule has 0 aromatic carbocycles. The zero-order chi connectivity index (χ0) is 14.4. The van der Waals surface area contributed by atoms with Crippen LogP contribution >= 0.6 is 0 Å². The fourth-order valence-electron chi connectivity index (χ4n) is 2.57. The number of imidazole rings is 1. The van der Waals surface area contributed by atoms with Crippen molar-refractivity contribution in [3.05, 3.63) is 18.2 Å². The Hall–Kier alpha value is -1.52. The Morgan fingerprint density at radius 1 is 1.40 bits per heavy atom. The Morgan fingerprint density at radius 2 is 2.15 bits per heavy atom. The highest BCUT2D eigenvalue weighted by Crippen LogP contribution is 2.15. The number of nitrogens with two attached hydrogens (primary N) is 1. The zero-order valence-electron chi connectivity index (χ0n) is 12.8. The first-order chi connectivity index (χ1) is 9.66. The summed E-state index contributed by atoms with van der Waals surface area (Å²) in [6.07, 6.45) is 8.53. The molecule has 2 rings (SSSR count). The molecule has 2 N–H and O–H groups in total. The molecule has 1 aliphatic heterocycles. The highest BCUT2D eigenvalue weighted by Gasteiger charge is 2.16. The lowest BCUT2D eigenvalue weighted by molar-refractivity contribution is 0.277. The van der Waals surface area contributed by atoms with E-state index >= 15 is 0 Å². The van der Waals surface area contributed by atoms with Crippen LogP contribution in [0.1, 0.15) is 38.4 Å². The van der Waals surface area contributed by atoms with Crippen LogP contribution in [-0.2, 0) is 6.54 Å². The smallest absolute Gasteiger partial charge is 0.191 e. The Balaban J connectivity index is 1.64. The van der Waals surface area contributed by atoms with Crippen molar-refractivity contribution in [3.63, 3.8) is 0 Å². The fraction of sp³-hybridized carbons (Fsp3) is 0.733. The molecule has 20 heavy (non-hydrogen) atoms. The molecule has 0 unspecified atom stereocenters. The first kappa shape index (κ1) is 14.9. The van der Waals surface area contributed by atoms with Crippen LogP contribution in [0.25, 0.3) is 0 Å². The molecule has 1 aliphatic rings. The second-order valence-corrected chi connectivity index (χ2v) is 5.78. The molecule has 1 fully saturated rings. The van der Waals surface area contributed by atoms with E-state index in [1.54, 1.807) is 0 Å². The van der Waals surface area contributed by atoms with E-state index in [9.17, 15) is 0 Å². The summed E-state index contributed by atoms with van der Waals surface area (Å²) in [6, 6.07) is 0. The third-order valence-corrected chi connectivity index (χ3v) is 4.11. The molecule has 0 amide bonds. The SMILES string of the molecule is Cc1nccn1CCCCN=C(N)N1CCC(C)CC1. The van der Waals surface area contributed by atoms with E-state index in [0.29, 0.717) is 0 Å². The molecular weight excluding hydrogens is 250 g/mol. The van der Waals surface area contributed by atoms with Gasteiger partial charge in [-0.2, -0.15) is 0 Å². The van der Waals surface area contributed by atoms with E-state index in [1.807, 2.05) is 19.3 Å². The third kappa shape index (κ3) is 4.25. The second kappa shape index (κ2) is 7.31. The summed E-state index contributed by atoms with van der Waals surface area (Å²) in [6.45, 7) is 8.31. The first-order valence-electron chi connectivity index (χ1n) is 7.69. The number of hydrogen-bond donors (Lipinski definition) is 1. The number of rotatable bonds is 5. The van der Waals surface area contributed by atoms with Crippen molar-refractivity contribution in [3.8, 4) is 0 Å². The predicted octanol–water partition coefficient (Wildman–Crippen LogP) is 2.02. The van der Waals surface area contributed by atoms with Crippen LogP contribution in [0, 0.1) is 12.8 Å². The molecule has 0 radical (unpaired) electrons. The first-order valence-corrected chi connectivity index (χ1v) is 7.69. The number of likely N-dealkylation sites (tertiary alicyclic amines) is 1. The van der Waals surface area contributed by atoms with Crippen molar-refractivity contribution in [2.45, 2.75) is 46.1 Å². The maximum absolute atomic E-state index is 6.06. The van der Waals surface area contributed by atoms with Crippen LogP contribution in [-0.4, -0.2) is 40.0 Å². The number of nitrogens with zero attached hydrogens (tertiary/aromatic N) is 4. The van der Waals surface area contributed by atoms with Crippen LogP contribution in [0.4, 0.5) is 0 Å². The zero-order valence-corrected chi connectivity index (χ0v) is 12.8. The molecule has 2 heterocycles. The Morgan fingerprint density at radius 3 is 2.80 bits per heavy atom. The maximum Gasteiger partial charge on any atom is 0.191 e. The van der Waals surface area contributed by atoms with E-state index in [0.717, 1.165) is 56.7 Å². The Kier molecular flexibility index (Phi) is 5.44. The normalized spacial score (nSPS) is 17.7. The average molecular weight is 277 g/mol. The van der Waals surface area contributed by atoms with Gasteiger partial charge in [-0.05, 0) is 38.5 Å². The molecule has 1 aromatic rings. The summed E-state index contributed by atoms with van der Waals surface area (Å²) in [5.74, 6) is 2.64. The second-order valence-electron chi connectivity index (χ2n) is 5.78. The van der Waals surface area contributed by atoms with E-state index in [1.165, 1.54) is 12.8 Å². The topological polar surface area (TPSA) is 59.4 Å².